The summed E-state index contributed by atoms with van der Waals surface area (Å²) in [6, 6.07) is 7.09. The van der Waals surface area contributed by atoms with Crippen LogP contribution in [0.4, 0.5) is 0 Å². The topological polar surface area (TPSA) is 72.2 Å². The molecule has 1 atom stereocenters. The van der Waals surface area contributed by atoms with Crippen molar-refractivity contribution in [2.75, 3.05) is 5.75 Å². The van der Waals surface area contributed by atoms with Crippen molar-refractivity contribution in [1.29, 1.82) is 0 Å². The third kappa shape index (κ3) is 3.26. The smallest absolute Gasteiger partial charge is 0.313 e. The first-order chi connectivity index (χ1) is 9.91. The van der Waals surface area contributed by atoms with E-state index in [-0.39, 0.29) is 23.3 Å². The number of benzene rings is 1. The van der Waals surface area contributed by atoms with E-state index in [1.54, 1.807) is 22.8 Å². The number of hydrogen-bond acceptors (Lipinski definition) is 4. The second-order valence-corrected chi connectivity index (χ2v) is 6.20. The highest BCUT2D eigenvalue weighted by molar-refractivity contribution is 7.99. The molecule has 0 aliphatic carbocycles. The molecule has 0 radical (unpaired) electrons. The fourth-order valence-electron chi connectivity index (χ4n) is 2.01. The van der Waals surface area contributed by atoms with Crippen LogP contribution in [0.2, 0.25) is 0 Å². The van der Waals surface area contributed by atoms with Gasteiger partial charge in [0.25, 0.3) is 5.56 Å². The van der Waals surface area contributed by atoms with Crippen molar-refractivity contribution < 1.29 is 9.90 Å². The minimum Gasteiger partial charge on any atom is -0.481 e. The highest BCUT2D eigenvalue weighted by Gasteiger charge is 2.19. The Bertz CT molecular complexity index is 724. The van der Waals surface area contributed by atoms with Crippen LogP contribution in [-0.4, -0.2) is 26.4 Å². The third-order valence-corrected chi connectivity index (χ3v) is 4.41. The predicted molar refractivity (Wildman–Crippen MR) is 83.9 cm³/mol. The molecule has 0 fully saturated rings. The van der Waals surface area contributed by atoms with Gasteiger partial charge in [-0.3, -0.25) is 14.2 Å². The highest BCUT2D eigenvalue weighted by Crippen LogP contribution is 2.24. The summed E-state index contributed by atoms with van der Waals surface area (Å²) >= 11 is 1.08. The summed E-state index contributed by atoms with van der Waals surface area (Å²) in [4.78, 5) is 28.0. The lowest BCUT2D eigenvalue weighted by molar-refractivity contribution is -0.133. The Morgan fingerprint density at radius 3 is 2.62 bits per heavy atom. The lowest BCUT2D eigenvalue weighted by atomic mass is 10.1. The van der Waals surface area contributed by atoms with Gasteiger partial charge in [0.2, 0.25) is 0 Å². The molecule has 1 aromatic heterocycles. The number of nitrogens with zero attached hydrogens (tertiary/aromatic N) is 2. The highest BCUT2D eigenvalue weighted by atomic mass is 32.2. The molecule has 2 rings (SSSR count). The van der Waals surface area contributed by atoms with Gasteiger partial charge < -0.3 is 5.11 Å². The molecular weight excluding hydrogens is 288 g/mol. The standard InChI is InChI=1S/C15H18N2O3S/c1-9(2)10(3)17-14(20)11-6-4-5-7-12(11)16-15(17)21-8-13(18)19/h4-7,9-10H,8H2,1-3H3,(H,18,19). The molecule has 112 valence electrons. The van der Waals surface area contributed by atoms with Gasteiger partial charge in [-0.1, -0.05) is 37.7 Å². The Balaban J connectivity index is 2.65. The van der Waals surface area contributed by atoms with Crippen molar-refractivity contribution in [2.24, 2.45) is 5.92 Å². The van der Waals surface area contributed by atoms with Crippen molar-refractivity contribution in [1.82, 2.24) is 9.55 Å². The SMILES string of the molecule is CC(C)C(C)n1c(SCC(=O)O)nc2ccccc2c1=O. The fourth-order valence-corrected chi connectivity index (χ4v) is 2.81. The van der Waals surface area contributed by atoms with E-state index in [0.29, 0.717) is 16.1 Å². The summed E-state index contributed by atoms with van der Waals surface area (Å²) < 4.78 is 1.61. The number of aromatic nitrogens is 2. The molecule has 1 heterocycles. The van der Waals surface area contributed by atoms with Crippen LogP contribution < -0.4 is 5.56 Å². The maximum atomic E-state index is 12.7. The van der Waals surface area contributed by atoms with Crippen molar-refractivity contribution in [3.8, 4) is 0 Å². The van der Waals surface area contributed by atoms with E-state index >= 15 is 0 Å². The van der Waals surface area contributed by atoms with E-state index in [9.17, 15) is 9.59 Å². The van der Waals surface area contributed by atoms with E-state index in [1.807, 2.05) is 26.8 Å². The van der Waals surface area contributed by atoms with E-state index in [0.717, 1.165) is 11.8 Å². The summed E-state index contributed by atoms with van der Waals surface area (Å²) in [6.45, 7) is 6.00. The molecule has 1 aromatic carbocycles. The average molecular weight is 306 g/mol. The number of para-hydroxylation sites is 1. The van der Waals surface area contributed by atoms with E-state index in [2.05, 4.69) is 4.98 Å². The van der Waals surface area contributed by atoms with E-state index in [4.69, 9.17) is 5.11 Å². The van der Waals surface area contributed by atoms with Crippen LogP contribution in [0.25, 0.3) is 10.9 Å². The quantitative estimate of drug-likeness (QED) is 0.679. The zero-order chi connectivity index (χ0) is 15.6. The zero-order valence-electron chi connectivity index (χ0n) is 12.2. The first-order valence-electron chi connectivity index (χ1n) is 6.77. The molecule has 0 bridgehead atoms. The van der Waals surface area contributed by atoms with Crippen LogP contribution in [0.15, 0.2) is 34.2 Å². The minimum absolute atomic E-state index is 0.0501. The lowest BCUT2D eigenvalue weighted by Gasteiger charge is -2.22. The number of carbonyl (C=O) groups is 1. The van der Waals surface area contributed by atoms with Gasteiger partial charge >= 0.3 is 5.97 Å². The van der Waals surface area contributed by atoms with Gasteiger partial charge in [0.1, 0.15) is 0 Å². The van der Waals surface area contributed by atoms with Gasteiger partial charge in [0, 0.05) is 6.04 Å². The van der Waals surface area contributed by atoms with Crippen LogP contribution in [0.1, 0.15) is 26.8 Å². The van der Waals surface area contributed by atoms with Crippen molar-refractivity contribution in [3.63, 3.8) is 0 Å². The van der Waals surface area contributed by atoms with Crippen LogP contribution in [0.5, 0.6) is 0 Å². The normalized spacial score (nSPS) is 12.8. The molecule has 1 N–H and O–H groups in total. The molecule has 21 heavy (non-hydrogen) atoms. The number of thioether (sulfide) groups is 1. The summed E-state index contributed by atoms with van der Waals surface area (Å²) in [6.07, 6.45) is 0. The van der Waals surface area contributed by atoms with Crippen molar-refractivity contribution in [2.45, 2.75) is 32.0 Å². The maximum absolute atomic E-state index is 12.7. The van der Waals surface area contributed by atoms with Crippen LogP contribution >= 0.6 is 11.8 Å². The number of hydrogen-bond donors (Lipinski definition) is 1. The van der Waals surface area contributed by atoms with Crippen LogP contribution in [0.3, 0.4) is 0 Å². The number of rotatable bonds is 5. The second-order valence-electron chi connectivity index (χ2n) is 5.25. The monoisotopic (exact) mass is 306 g/mol. The molecule has 0 spiro atoms. The summed E-state index contributed by atoms with van der Waals surface area (Å²) in [7, 11) is 0. The van der Waals surface area contributed by atoms with E-state index < -0.39 is 5.97 Å². The van der Waals surface area contributed by atoms with Crippen molar-refractivity contribution in [3.05, 3.63) is 34.6 Å². The molecule has 2 aromatic rings. The molecule has 0 amide bonds. The number of carboxylic acids is 1. The predicted octanol–water partition coefficient (Wildman–Crippen LogP) is 2.79. The number of carboxylic acid groups (broad SMARTS) is 1. The van der Waals surface area contributed by atoms with Crippen molar-refractivity contribution >= 4 is 28.6 Å². The first kappa shape index (κ1) is 15.6. The van der Waals surface area contributed by atoms with Crippen LogP contribution in [-0.2, 0) is 4.79 Å². The molecule has 0 saturated carbocycles. The Kier molecular flexibility index (Phi) is 4.67. The maximum Gasteiger partial charge on any atom is 0.313 e. The van der Waals surface area contributed by atoms with Gasteiger partial charge in [0.15, 0.2) is 5.16 Å². The molecule has 0 aliphatic rings. The van der Waals surface area contributed by atoms with Gasteiger partial charge in [-0.05, 0) is 25.0 Å². The fraction of sp³-hybridized carbons (Fsp3) is 0.400. The zero-order valence-corrected chi connectivity index (χ0v) is 13.1. The van der Waals surface area contributed by atoms with Gasteiger partial charge in [-0.2, -0.15) is 0 Å². The Morgan fingerprint density at radius 2 is 2.00 bits per heavy atom. The molecule has 0 aliphatic heterocycles. The Labute approximate surface area is 127 Å². The lowest BCUT2D eigenvalue weighted by Crippen LogP contribution is -2.29. The largest absolute Gasteiger partial charge is 0.481 e. The summed E-state index contributed by atoms with van der Waals surface area (Å²) in [5.74, 6) is -0.795. The van der Waals surface area contributed by atoms with Gasteiger partial charge in [0.05, 0.1) is 16.7 Å². The summed E-state index contributed by atoms with van der Waals surface area (Å²) in [5.41, 5.74) is 0.484. The van der Waals surface area contributed by atoms with Gasteiger partial charge in [-0.25, -0.2) is 4.98 Å². The van der Waals surface area contributed by atoms with Gasteiger partial charge in [-0.15, -0.1) is 0 Å². The molecular formula is C15H18N2O3S. The van der Waals surface area contributed by atoms with E-state index in [1.165, 1.54) is 0 Å². The third-order valence-electron chi connectivity index (χ3n) is 3.47. The molecule has 0 saturated heterocycles. The molecule has 5 nitrogen and oxygen atoms in total. The second kappa shape index (κ2) is 6.30. The average Bonchev–Trinajstić information content (AvgIpc) is 2.44. The minimum atomic E-state index is -0.925. The number of aliphatic carboxylic acids is 1. The van der Waals surface area contributed by atoms with Crippen LogP contribution in [0, 0.1) is 5.92 Å². The molecule has 6 heteroatoms. The molecule has 1 unspecified atom stereocenters. The Morgan fingerprint density at radius 1 is 1.33 bits per heavy atom. The number of fused-ring (bicyclic) bond motifs is 1. The Hall–Kier alpha value is -1.82. The first-order valence-corrected chi connectivity index (χ1v) is 7.76. The summed E-state index contributed by atoms with van der Waals surface area (Å²) in [5, 5.41) is 9.88.